The largest absolute Gasteiger partial charge is 0.490 e. The molecule has 0 aromatic rings. The maximum atomic E-state index is 11.5. The van der Waals surface area contributed by atoms with E-state index in [1.807, 2.05) is 0 Å². The van der Waals surface area contributed by atoms with Crippen molar-refractivity contribution in [1.29, 1.82) is 0 Å². The quantitative estimate of drug-likeness (QED) is 0.717. The molecule has 162 valence electrons. The number of carboxylic acid groups (broad SMARTS) is 2. The van der Waals surface area contributed by atoms with Crippen LogP contribution in [0.25, 0.3) is 0 Å². The molecule has 1 saturated carbocycles. The van der Waals surface area contributed by atoms with Crippen molar-refractivity contribution in [1.82, 2.24) is 9.80 Å². The number of nitrogens with zero attached hydrogens (tertiary/aromatic N) is 2. The Balaban J connectivity index is 0.000000345. The van der Waals surface area contributed by atoms with Gasteiger partial charge in [0.2, 0.25) is 0 Å². The molecule has 1 atom stereocenters. The van der Waals surface area contributed by atoms with E-state index in [0.29, 0.717) is 5.92 Å². The summed E-state index contributed by atoms with van der Waals surface area (Å²) in [4.78, 5) is 25.3. The van der Waals surface area contributed by atoms with Crippen molar-refractivity contribution in [2.24, 2.45) is 5.92 Å². The number of hydrogen-bond donors (Lipinski definition) is 2. The molecule has 0 aromatic carbocycles. The van der Waals surface area contributed by atoms with Crippen LogP contribution in [-0.2, 0) is 14.3 Å². The van der Waals surface area contributed by atoms with Gasteiger partial charge in [0.15, 0.2) is 0 Å². The molecule has 2 aliphatic heterocycles. The number of carboxylic acids is 2. The van der Waals surface area contributed by atoms with Gasteiger partial charge in [-0.15, -0.1) is 0 Å². The van der Waals surface area contributed by atoms with Gasteiger partial charge in [-0.3, -0.25) is 14.6 Å². The Bertz CT molecular complexity index is 540. The number of carbonyl (C=O) groups is 2. The van der Waals surface area contributed by atoms with Gasteiger partial charge < -0.3 is 14.9 Å². The van der Waals surface area contributed by atoms with Crippen LogP contribution in [-0.4, -0.2) is 89.1 Å². The zero-order valence-corrected chi connectivity index (χ0v) is 16.1. The maximum absolute atomic E-state index is 11.5. The third-order valence-corrected chi connectivity index (χ3v) is 6.03. The van der Waals surface area contributed by atoms with Crippen LogP contribution in [0.1, 0.15) is 39.0 Å². The summed E-state index contributed by atoms with van der Waals surface area (Å²) in [6, 6.07) is -0.232. The predicted octanol–water partition coefficient (Wildman–Crippen LogP) is 2.06. The molecule has 3 fully saturated rings. The topological polar surface area (TPSA) is 90.3 Å². The second kappa shape index (κ2) is 9.41. The number of rotatable bonds is 5. The lowest BCUT2D eigenvalue weighted by Crippen LogP contribution is -2.60. The van der Waals surface area contributed by atoms with Crippen molar-refractivity contribution < 1.29 is 37.7 Å². The van der Waals surface area contributed by atoms with Crippen molar-refractivity contribution >= 4 is 11.9 Å². The van der Waals surface area contributed by atoms with Crippen molar-refractivity contribution in [2.75, 3.05) is 39.4 Å². The lowest BCUT2D eigenvalue weighted by atomic mass is 9.82. The first-order valence-corrected chi connectivity index (χ1v) is 9.70. The first-order chi connectivity index (χ1) is 13.1. The molecule has 3 aliphatic rings. The summed E-state index contributed by atoms with van der Waals surface area (Å²) in [6.45, 7) is 7.87. The summed E-state index contributed by atoms with van der Waals surface area (Å²) in [5.41, 5.74) is 0.271. The molecule has 0 bridgehead atoms. The fraction of sp³-hybridized carbons (Fsp3) is 0.889. The minimum Gasteiger partial charge on any atom is -0.480 e. The van der Waals surface area contributed by atoms with Gasteiger partial charge in [0.1, 0.15) is 6.04 Å². The standard InChI is InChI=1S/C16H28N2O3.C2HF3O2/c1-2-16(18-9-11-21-12-10-18)5-7-17(8-6-16)14(15(19)20)13-3-4-13;3-2(4,5)1(6)7/h13-14H,2-12H2,1H3,(H,19,20);(H,6,7). The number of piperidine rings is 1. The maximum Gasteiger partial charge on any atom is 0.490 e. The molecule has 2 N–H and O–H groups in total. The highest BCUT2D eigenvalue weighted by Gasteiger charge is 2.45. The average molecular weight is 410 g/mol. The van der Waals surface area contributed by atoms with Crippen LogP contribution in [0, 0.1) is 5.92 Å². The van der Waals surface area contributed by atoms with E-state index in [9.17, 15) is 23.1 Å². The third-order valence-electron chi connectivity index (χ3n) is 6.03. The molecule has 3 rings (SSSR count). The Labute approximate surface area is 162 Å². The van der Waals surface area contributed by atoms with E-state index in [0.717, 1.165) is 71.5 Å². The van der Waals surface area contributed by atoms with E-state index in [2.05, 4.69) is 16.7 Å². The van der Waals surface area contributed by atoms with E-state index in [4.69, 9.17) is 14.6 Å². The molecule has 1 unspecified atom stereocenters. The zero-order valence-electron chi connectivity index (χ0n) is 16.1. The highest BCUT2D eigenvalue weighted by atomic mass is 19.4. The van der Waals surface area contributed by atoms with Crippen LogP contribution in [0.15, 0.2) is 0 Å². The second-order valence-corrected chi connectivity index (χ2v) is 7.64. The van der Waals surface area contributed by atoms with Gasteiger partial charge >= 0.3 is 18.1 Å². The minimum atomic E-state index is -5.08. The second-order valence-electron chi connectivity index (χ2n) is 7.64. The Hall–Kier alpha value is -1.39. The van der Waals surface area contributed by atoms with Crippen molar-refractivity contribution in [3.05, 3.63) is 0 Å². The number of hydrogen-bond acceptors (Lipinski definition) is 5. The number of likely N-dealkylation sites (tertiary alicyclic amines) is 1. The minimum absolute atomic E-state index is 0.232. The van der Waals surface area contributed by atoms with Gasteiger partial charge in [0, 0.05) is 31.7 Å². The monoisotopic (exact) mass is 410 g/mol. The molecule has 2 saturated heterocycles. The van der Waals surface area contributed by atoms with Gasteiger partial charge in [-0.25, -0.2) is 4.79 Å². The number of alkyl halides is 3. The fourth-order valence-corrected chi connectivity index (χ4v) is 4.22. The average Bonchev–Trinajstić information content (AvgIpc) is 3.48. The molecule has 28 heavy (non-hydrogen) atoms. The van der Waals surface area contributed by atoms with Gasteiger partial charge in [-0.2, -0.15) is 13.2 Å². The molecule has 0 spiro atoms. The predicted molar refractivity (Wildman–Crippen MR) is 94.1 cm³/mol. The first kappa shape index (κ1) is 22.9. The Morgan fingerprint density at radius 2 is 1.61 bits per heavy atom. The SMILES string of the molecule is CCC1(N2CCOCC2)CCN(C(C(=O)O)C2CC2)CC1.O=C(O)C(F)(F)F. The molecular formula is C18H29F3N2O5. The molecule has 0 radical (unpaired) electrons. The van der Waals surface area contributed by atoms with E-state index in [1.54, 1.807) is 0 Å². The van der Waals surface area contributed by atoms with Crippen LogP contribution in [0.5, 0.6) is 0 Å². The van der Waals surface area contributed by atoms with E-state index >= 15 is 0 Å². The number of aliphatic carboxylic acids is 2. The molecule has 1 aliphatic carbocycles. The van der Waals surface area contributed by atoms with Crippen molar-refractivity contribution in [2.45, 2.75) is 56.8 Å². The molecular weight excluding hydrogens is 381 g/mol. The van der Waals surface area contributed by atoms with Gasteiger partial charge in [-0.05, 0) is 38.0 Å². The summed E-state index contributed by atoms with van der Waals surface area (Å²) >= 11 is 0. The van der Waals surface area contributed by atoms with Crippen LogP contribution >= 0.6 is 0 Å². The lowest BCUT2D eigenvalue weighted by Gasteiger charge is -2.50. The molecule has 0 aromatic heterocycles. The van der Waals surface area contributed by atoms with Gasteiger partial charge in [0.05, 0.1) is 13.2 Å². The van der Waals surface area contributed by atoms with Crippen molar-refractivity contribution in [3.8, 4) is 0 Å². The smallest absolute Gasteiger partial charge is 0.480 e. The third kappa shape index (κ3) is 5.81. The van der Waals surface area contributed by atoms with Crippen LogP contribution in [0.4, 0.5) is 13.2 Å². The van der Waals surface area contributed by atoms with E-state index in [1.165, 1.54) is 0 Å². The van der Waals surface area contributed by atoms with Crippen molar-refractivity contribution in [3.63, 3.8) is 0 Å². The van der Waals surface area contributed by atoms with E-state index in [-0.39, 0.29) is 11.6 Å². The van der Waals surface area contributed by atoms with Crippen LogP contribution in [0.3, 0.4) is 0 Å². The van der Waals surface area contributed by atoms with Gasteiger partial charge in [-0.1, -0.05) is 6.92 Å². The number of morpholine rings is 1. The van der Waals surface area contributed by atoms with E-state index < -0.39 is 18.1 Å². The number of halogens is 3. The summed E-state index contributed by atoms with van der Waals surface area (Å²) in [5.74, 6) is -2.97. The summed E-state index contributed by atoms with van der Waals surface area (Å²) in [7, 11) is 0. The Kier molecular flexibility index (Phi) is 7.69. The van der Waals surface area contributed by atoms with Crippen LogP contribution < -0.4 is 0 Å². The first-order valence-electron chi connectivity index (χ1n) is 9.70. The molecule has 2 heterocycles. The normalized spacial score (nSPS) is 24.7. The molecule has 10 heteroatoms. The Morgan fingerprint density at radius 3 is 1.96 bits per heavy atom. The summed E-state index contributed by atoms with van der Waals surface area (Å²) in [6.07, 6.45) is 0.452. The number of ether oxygens (including phenoxy) is 1. The molecule has 0 amide bonds. The zero-order chi connectivity index (χ0) is 20.9. The Morgan fingerprint density at radius 1 is 1.11 bits per heavy atom. The highest BCUT2D eigenvalue weighted by molar-refractivity contribution is 5.74. The lowest BCUT2D eigenvalue weighted by molar-refractivity contribution is -0.192. The summed E-state index contributed by atoms with van der Waals surface area (Å²) < 4.78 is 37.2. The summed E-state index contributed by atoms with van der Waals surface area (Å²) in [5, 5.41) is 16.6. The molecule has 7 nitrogen and oxygen atoms in total. The fourth-order valence-electron chi connectivity index (χ4n) is 4.22. The highest BCUT2D eigenvalue weighted by Crippen LogP contribution is 2.39. The van der Waals surface area contributed by atoms with Crippen LogP contribution in [0.2, 0.25) is 0 Å². The van der Waals surface area contributed by atoms with Gasteiger partial charge in [0.25, 0.3) is 0 Å².